The predicted octanol–water partition coefficient (Wildman–Crippen LogP) is 2.12. The molecule has 0 heterocycles. The van der Waals surface area contributed by atoms with Gasteiger partial charge >= 0.3 is 8.60 Å². The quantitative estimate of drug-likeness (QED) is 0.333. The standard InChI is InChI=1S/C6H15O6P/c1-4-7-10-13(11-8-5-2)12-9-6-3/h4-6H2,1-3H3. The second-order valence-corrected chi connectivity index (χ2v) is 2.56. The highest BCUT2D eigenvalue weighted by Gasteiger charge is 2.16. The summed E-state index contributed by atoms with van der Waals surface area (Å²) >= 11 is 0. The van der Waals surface area contributed by atoms with Crippen molar-refractivity contribution in [3.8, 4) is 0 Å². The lowest BCUT2D eigenvalue weighted by Gasteiger charge is -2.11. The van der Waals surface area contributed by atoms with E-state index in [1.165, 1.54) is 0 Å². The van der Waals surface area contributed by atoms with Crippen LogP contribution >= 0.6 is 8.60 Å². The molecule has 0 fully saturated rings. The molecular weight excluding hydrogens is 199 g/mol. The van der Waals surface area contributed by atoms with Gasteiger partial charge in [0.05, 0.1) is 19.8 Å². The fourth-order valence-electron chi connectivity index (χ4n) is 0.324. The van der Waals surface area contributed by atoms with Crippen LogP contribution in [0.25, 0.3) is 0 Å². The van der Waals surface area contributed by atoms with E-state index < -0.39 is 8.60 Å². The molecule has 0 rings (SSSR count). The summed E-state index contributed by atoms with van der Waals surface area (Å²) in [6.07, 6.45) is 0. The van der Waals surface area contributed by atoms with E-state index in [1.807, 2.05) is 0 Å². The first-order valence-electron chi connectivity index (χ1n) is 4.04. The number of rotatable bonds is 9. The summed E-state index contributed by atoms with van der Waals surface area (Å²) in [6.45, 7) is 6.50. The molecule has 80 valence electrons. The monoisotopic (exact) mass is 214 g/mol. The Morgan fingerprint density at radius 2 is 1.00 bits per heavy atom. The van der Waals surface area contributed by atoms with Gasteiger partial charge in [-0.1, -0.05) is 0 Å². The molecule has 0 saturated carbocycles. The molecule has 0 aromatic rings. The van der Waals surface area contributed by atoms with Crippen LogP contribution in [-0.2, 0) is 28.7 Å². The van der Waals surface area contributed by atoms with Crippen LogP contribution in [0.1, 0.15) is 20.8 Å². The molecule has 13 heavy (non-hydrogen) atoms. The van der Waals surface area contributed by atoms with E-state index in [1.54, 1.807) is 20.8 Å². The van der Waals surface area contributed by atoms with Gasteiger partial charge in [0.25, 0.3) is 0 Å². The zero-order valence-electron chi connectivity index (χ0n) is 8.02. The minimum absolute atomic E-state index is 0.393. The first-order valence-corrected chi connectivity index (χ1v) is 5.13. The molecule has 0 bridgehead atoms. The summed E-state index contributed by atoms with van der Waals surface area (Å²) < 4.78 is 14.0. The minimum Gasteiger partial charge on any atom is -0.229 e. The highest BCUT2D eigenvalue weighted by atomic mass is 31.2. The van der Waals surface area contributed by atoms with Gasteiger partial charge in [0, 0.05) is 0 Å². The maximum Gasteiger partial charge on any atom is 0.421 e. The van der Waals surface area contributed by atoms with E-state index in [2.05, 4.69) is 28.7 Å². The van der Waals surface area contributed by atoms with Gasteiger partial charge in [-0.2, -0.15) is 0 Å². The Bertz CT molecular complexity index is 84.1. The van der Waals surface area contributed by atoms with E-state index >= 15 is 0 Å². The second-order valence-electron chi connectivity index (χ2n) is 1.67. The van der Waals surface area contributed by atoms with Crippen LogP contribution in [0.15, 0.2) is 0 Å². The Balaban J connectivity index is 3.47. The molecular formula is C6H15O6P. The molecule has 0 amide bonds. The Morgan fingerprint density at radius 1 is 0.692 bits per heavy atom. The largest absolute Gasteiger partial charge is 0.421 e. The Morgan fingerprint density at radius 3 is 1.23 bits per heavy atom. The molecule has 6 nitrogen and oxygen atoms in total. The van der Waals surface area contributed by atoms with Crippen molar-refractivity contribution in [2.24, 2.45) is 0 Å². The van der Waals surface area contributed by atoms with Crippen LogP contribution in [0.3, 0.4) is 0 Å². The first kappa shape index (κ1) is 13.2. The molecule has 0 unspecified atom stereocenters. The van der Waals surface area contributed by atoms with Crippen LogP contribution < -0.4 is 0 Å². The fourth-order valence-corrected chi connectivity index (χ4v) is 0.973. The van der Waals surface area contributed by atoms with Crippen molar-refractivity contribution < 1.29 is 28.7 Å². The van der Waals surface area contributed by atoms with E-state index in [4.69, 9.17) is 0 Å². The van der Waals surface area contributed by atoms with Gasteiger partial charge < -0.3 is 0 Å². The maximum atomic E-state index is 4.67. The van der Waals surface area contributed by atoms with Crippen LogP contribution in [0.2, 0.25) is 0 Å². The second kappa shape index (κ2) is 10.3. The molecule has 0 spiro atoms. The smallest absolute Gasteiger partial charge is 0.229 e. The molecule has 0 aliphatic carbocycles. The Labute approximate surface area is 78.8 Å². The van der Waals surface area contributed by atoms with E-state index in [0.717, 1.165) is 0 Å². The summed E-state index contributed by atoms with van der Waals surface area (Å²) in [6, 6.07) is 0. The lowest BCUT2D eigenvalue weighted by atomic mass is 10.9. The summed E-state index contributed by atoms with van der Waals surface area (Å²) in [5.41, 5.74) is 0. The third kappa shape index (κ3) is 8.52. The lowest BCUT2D eigenvalue weighted by Crippen LogP contribution is -1.99. The highest BCUT2D eigenvalue weighted by Crippen LogP contribution is 2.40. The molecule has 0 aliphatic heterocycles. The summed E-state index contributed by atoms with van der Waals surface area (Å²) in [7, 11) is -1.74. The summed E-state index contributed by atoms with van der Waals surface area (Å²) in [4.78, 5) is 13.8. The predicted molar refractivity (Wildman–Crippen MR) is 45.1 cm³/mol. The summed E-state index contributed by atoms with van der Waals surface area (Å²) in [5, 5.41) is 0. The average Bonchev–Trinajstić information content (AvgIpc) is 2.17. The van der Waals surface area contributed by atoms with Crippen molar-refractivity contribution in [1.29, 1.82) is 0 Å². The van der Waals surface area contributed by atoms with Crippen molar-refractivity contribution in [3.05, 3.63) is 0 Å². The highest BCUT2D eigenvalue weighted by molar-refractivity contribution is 7.41. The van der Waals surface area contributed by atoms with Gasteiger partial charge in [-0.05, 0) is 20.8 Å². The topological polar surface area (TPSA) is 55.4 Å². The average molecular weight is 214 g/mol. The minimum atomic E-state index is -1.74. The number of hydrogen-bond acceptors (Lipinski definition) is 6. The van der Waals surface area contributed by atoms with Crippen LogP contribution in [-0.4, -0.2) is 19.8 Å². The molecule has 0 saturated heterocycles. The molecule has 0 radical (unpaired) electrons. The Kier molecular flexibility index (Phi) is 10.4. The van der Waals surface area contributed by atoms with Crippen molar-refractivity contribution >= 4 is 8.60 Å². The Hall–Kier alpha value is 0.190. The molecule has 0 aromatic heterocycles. The molecule has 0 aromatic carbocycles. The zero-order valence-corrected chi connectivity index (χ0v) is 8.91. The number of hydrogen-bond donors (Lipinski definition) is 0. The third-order valence-corrected chi connectivity index (χ3v) is 1.38. The zero-order chi connectivity index (χ0) is 9.94. The van der Waals surface area contributed by atoms with Crippen LogP contribution in [0, 0.1) is 0 Å². The van der Waals surface area contributed by atoms with Gasteiger partial charge in [0.2, 0.25) is 0 Å². The van der Waals surface area contributed by atoms with E-state index in [-0.39, 0.29) is 0 Å². The van der Waals surface area contributed by atoms with Crippen molar-refractivity contribution in [2.45, 2.75) is 20.8 Å². The van der Waals surface area contributed by atoms with Gasteiger partial charge in [-0.3, -0.25) is 0 Å². The molecule has 7 heteroatoms. The van der Waals surface area contributed by atoms with E-state index in [0.29, 0.717) is 19.8 Å². The molecule has 0 atom stereocenters. The molecule has 0 N–H and O–H groups in total. The van der Waals surface area contributed by atoms with Gasteiger partial charge in [-0.15, -0.1) is 14.0 Å². The van der Waals surface area contributed by atoms with Crippen molar-refractivity contribution in [2.75, 3.05) is 19.8 Å². The van der Waals surface area contributed by atoms with Gasteiger partial charge in [0.1, 0.15) is 0 Å². The summed E-state index contributed by atoms with van der Waals surface area (Å²) in [5.74, 6) is 0. The van der Waals surface area contributed by atoms with Crippen molar-refractivity contribution in [1.82, 2.24) is 0 Å². The first-order chi connectivity index (χ1) is 6.35. The van der Waals surface area contributed by atoms with Crippen molar-refractivity contribution in [3.63, 3.8) is 0 Å². The third-order valence-electron chi connectivity index (χ3n) is 0.694. The lowest BCUT2D eigenvalue weighted by molar-refractivity contribution is -0.307. The molecule has 0 aliphatic rings. The maximum absolute atomic E-state index is 4.67. The normalized spacial score (nSPS) is 11.1. The van der Waals surface area contributed by atoms with Crippen LogP contribution in [0.4, 0.5) is 0 Å². The van der Waals surface area contributed by atoms with Gasteiger partial charge in [-0.25, -0.2) is 14.7 Å². The fraction of sp³-hybridized carbons (Fsp3) is 1.00. The van der Waals surface area contributed by atoms with Crippen LogP contribution in [0.5, 0.6) is 0 Å². The van der Waals surface area contributed by atoms with Gasteiger partial charge in [0.15, 0.2) is 0 Å². The van der Waals surface area contributed by atoms with E-state index in [9.17, 15) is 0 Å². The SMILES string of the molecule is CCOOP(OOCC)OOCC.